The minimum Gasteiger partial charge on any atom is -0.379 e. The predicted molar refractivity (Wildman–Crippen MR) is 74.9 cm³/mol. The average Bonchev–Trinajstić information content (AvgIpc) is 2.85. The van der Waals surface area contributed by atoms with E-state index in [1.807, 2.05) is 0 Å². The van der Waals surface area contributed by atoms with E-state index in [1.54, 1.807) is 0 Å². The zero-order valence-corrected chi connectivity index (χ0v) is 12.3. The van der Waals surface area contributed by atoms with Gasteiger partial charge in [0.05, 0.1) is 13.2 Å². The van der Waals surface area contributed by atoms with E-state index in [-0.39, 0.29) is 0 Å². The minimum absolute atomic E-state index is 0.801. The molecule has 0 aromatic rings. The number of nitrogens with zero attached hydrogens (tertiary/aromatic N) is 2. The van der Waals surface area contributed by atoms with Gasteiger partial charge in [-0.25, -0.2) is 0 Å². The van der Waals surface area contributed by atoms with Crippen LogP contribution in [0.15, 0.2) is 0 Å². The normalized spacial score (nSPS) is 27.7. The van der Waals surface area contributed by atoms with Gasteiger partial charge in [0.25, 0.3) is 0 Å². The lowest BCUT2D eigenvalue weighted by Gasteiger charge is -2.32. The lowest BCUT2D eigenvalue weighted by Crippen LogP contribution is -2.44. The first-order valence-corrected chi connectivity index (χ1v) is 8.12. The van der Waals surface area contributed by atoms with Crippen LogP contribution in [0.3, 0.4) is 0 Å². The monoisotopic (exact) mass is 304 g/mol. The van der Waals surface area contributed by atoms with E-state index in [0.29, 0.717) is 0 Å². The van der Waals surface area contributed by atoms with Crippen LogP contribution in [0.5, 0.6) is 0 Å². The molecule has 2 aliphatic heterocycles. The van der Waals surface area contributed by atoms with Crippen LogP contribution in [-0.2, 0) is 4.74 Å². The molecule has 0 N–H and O–H groups in total. The van der Waals surface area contributed by atoms with Gasteiger partial charge in [0.2, 0.25) is 0 Å². The average molecular weight is 305 g/mol. The Morgan fingerprint density at radius 2 is 1.88 bits per heavy atom. The molecule has 2 fully saturated rings. The van der Waals surface area contributed by atoms with Crippen molar-refractivity contribution < 1.29 is 4.74 Å². The van der Waals surface area contributed by atoms with E-state index in [1.165, 1.54) is 45.3 Å². The molecule has 100 valence electrons. The van der Waals surface area contributed by atoms with Crippen molar-refractivity contribution >= 4 is 15.9 Å². The number of hydrogen-bond donors (Lipinski definition) is 0. The first-order valence-electron chi connectivity index (χ1n) is 7.00. The lowest BCUT2D eigenvalue weighted by molar-refractivity contribution is 0.0185. The summed E-state index contributed by atoms with van der Waals surface area (Å²) < 4.78 is 5.42. The van der Waals surface area contributed by atoms with Crippen LogP contribution >= 0.6 is 15.9 Å². The standard InChI is InChI=1S/C13H25BrN2O/c14-5-2-1-3-6-15-7-4-13(12-15)16-8-10-17-11-9-16/h13H,1-12H2. The van der Waals surface area contributed by atoms with Gasteiger partial charge in [-0.15, -0.1) is 0 Å². The van der Waals surface area contributed by atoms with Crippen LogP contribution in [0.4, 0.5) is 0 Å². The Kier molecular flexibility index (Phi) is 6.26. The van der Waals surface area contributed by atoms with Gasteiger partial charge in [-0.3, -0.25) is 4.90 Å². The molecule has 0 aromatic heterocycles. The van der Waals surface area contributed by atoms with Crippen LogP contribution in [0.2, 0.25) is 0 Å². The van der Waals surface area contributed by atoms with Crippen LogP contribution in [0.25, 0.3) is 0 Å². The zero-order valence-electron chi connectivity index (χ0n) is 10.7. The third-order valence-electron chi connectivity index (χ3n) is 3.92. The fourth-order valence-electron chi connectivity index (χ4n) is 2.86. The quantitative estimate of drug-likeness (QED) is 0.551. The smallest absolute Gasteiger partial charge is 0.0594 e. The molecule has 0 radical (unpaired) electrons. The fraction of sp³-hybridized carbons (Fsp3) is 1.00. The molecule has 2 heterocycles. The number of unbranched alkanes of at least 4 members (excludes halogenated alkanes) is 2. The molecule has 0 saturated carbocycles. The Morgan fingerprint density at radius 3 is 2.65 bits per heavy atom. The van der Waals surface area contributed by atoms with E-state index in [2.05, 4.69) is 25.7 Å². The highest BCUT2D eigenvalue weighted by Gasteiger charge is 2.27. The molecule has 17 heavy (non-hydrogen) atoms. The maximum absolute atomic E-state index is 5.42. The summed E-state index contributed by atoms with van der Waals surface area (Å²) in [5.74, 6) is 0. The predicted octanol–water partition coefficient (Wildman–Crippen LogP) is 1.96. The maximum Gasteiger partial charge on any atom is 0.0594 e. The second-order valence-electron chi connectivity index (χ2n) is 5.14. The van der Waals surface area contributed by atoms with E-state index in [0.717, 1.165) is 37.7 Å². The van der Waals surface area contributed by atoms with E-state index in [4.69, 9.17) is 4.74 Å². The molecule has 0 aromatic carbocycles. The third-order valence-corrected chi connectivity index (χ3v) is 4.48. The van der Waals surface area contributed by atoms with Crippen LogP contribution in [-0.4, -0.2) is 67.1 Å². The number of halogens is 1. The second kappa shape index (κ2) is 7.72. The van der Waals surface area contributed by atoms with Gasteiger partial charge in [-0.2, -0.15) is 0 Å². The molecule has 1 atom stereocenters. The Balaban J connectivity index is 1.61. The summed E-state index contributed by atoms with van der Waals surface area (Å²) in [6.45, 7) is 8.03. The Bertz CT molecular complexity index is 210. The van der Waals surface area contributed by atoms with Crippen molar-refractivity contribution in [2.45, 2.75) is 31.7 Å². The summed E-state index contributed by atoms with van der Waals surface area (Å²) >= 11 is 3.49. The third kappa shape index (κ3) is 4.51. The molecule has 0 aliphatic carbocycles. The van der Waals surface area contributed by atoms with Gasteiger partial charge in [0, 0.05) is 31.0 Å². The maximum atomic E-state index is 5.42. The van der Waals surface area contributed by atoms with Crippen molar-refractivity contribution in [1.29, 1.82) is 0 Å². The molecular weight excluding hydrogens is 280 g/mol. The Hall–Kier alpha value is 0.360. The van der Waals surface area contributed by atoms with E-state index in [9.17, 15) is 0 Å². The number of morpholine rings is 1. The molecule has 2 aliphatic rings. The molecule has 3 nitrogen and oxygen atoms in total. The SMILES string of the molecule is BrCCCCCN1CCC(N2CCOCC2)C1. The molecule has 0 amide bonds. The highest BCUT2D eigenvalue weighted by Crippen LogP contribution is 2.17. The largest absolute Gasteiger partial charge is 0.379 e. The van der Waals surface area contributed by atoms with E-state index < -0.39 is 0 Å². The topological polar surface area (TPSA) is 15.7 Å². The van der Waals surface area contributed by atoms with Gasteiger partial charge in [-0.1, -0.05) is 22.4 Å². The summed E-state index contributed by atoms with van der Waals surface area (Å²) in [5, 5.41) is 1.16. The van der Waals surface area contributed by atoms with Gasteiger partial charge in [0.15, 0.2) is 0 Å². The molecule has 1 unspecified atom stereocenters. The van der Waals surface area contributed by atoms with Crippen LogP contribution in [0, 0.1) is 0 Å². The number of rotatable bonds is 6. The highest BCUT2D eigenvalue weighted by atomic mass is 79.9. The van der Waals surface area contributed by atoms with Crippen LogP contribution < -0.4 is 0 Å². The van der Waals surface area contributed by atoms with Gasteiger partial charge in [-0.05, 0) is 32.4 Å². The van der Waals surface area contributed by atoms with Crippen molar-refractivity contribution in [3.63, 3.8) is 0 Å². The summed E-state index contributed by atoms with van der Waals surface area (Å²) in [6.07, 6.45) is 5.41. The van der Waals surface area contributed by atoms with Crippen LogP contribution in [0.1, 0.15) is 25.7 Å². The minimum atomic E-state index is 0.801. The number of ether oxygens (including phenoxy) is 1. The van der Waals surface area contributed by atoms with Crippen molar-refractivity contribution in [2.24, 2.45) is 0 Å². The van der Waals surface area contributed by atoms with Crippen molar-refractivity contribution in [1.82, 2.24) is 9.80 Å². The summed E-state index contributed by atoms with van der Waals surface area (Å²) in [4.78, 5) is 5.27. The zero-order chi connectivity index (χ0) is 11.9. The molecule has 2 rings (SSSR count). The molecule has 4 heteroatoms. The summed E-state index contributed by atoms with van der Waals surface area (Å²) in [7, 11) is 0. The van der Waals surface area contributed by atoms with Crippen molar-refractivity contribution in [3.8, 4) is 0 Å². The van der Waals surface area contributed by atoms with Gasteiger partial charge < -0.3 is 9.64 Å². The Labute approximate surface area is 114 Å². The number of alkyl halides is 1. The number of likely N-dealkylation sites (tertiary alicyclic amines) is 1. The van der Waals surface area contributed by atoms with Gasteiger partial charge >= 0.3 is 0 Å². The summed E-state index contributed by atoms with van der Waals surface area (Å²) in [5.41, 5.74) is 0. The lowest BCUT2D eigenvalue weighted by atomic mass is 10.2. The van der Waals surface area contributed by atoms with Crippen molar-refractivity contribution in [2.75, 3.05) is 51.3 Å². The molecule has 0 spiro atoms. The molecular formula is C13H25BrN2O. The number of hydrogen-bond acceptors (Lipinski definition) is 3. The van der Waals surface area contributed by atoms with E-state index >= 15 is 0 Å². The van der Waals surface area contributed by atoms with Crippen molar-refractivity contribution in [3.05, 3.63) is 0 Å². The first kappa shape index (κ1) is 13.8. The molecule has 0 bridgehead atoms. The Morgan fingerprint density at radius 1 is 1.06 bits per heavy atom. The molecule has 2 saturated heterocycles. The van der Waals surface area contributed by atoms with Gasteiger partial charge in [0.1, 0.15) is 0 Å². The summed E-state index contributed by atoms with van der Waals surface area (Å²) in [6, 6.07) is 0.801. The first-order chi connectivity index (χ1) is 8.40. The highest BCUT2D eigenvalue weighted by molar-refractivity contribution is 9.09. The fourth-order valence-corrected chi connectivity index (χ4v) is 3.26. The second-order valence-corrected chi connectivity index (χ2v) is 5.93.